The van der Waals surface area contributed by atoms with Crippen molar-refractivity contribution in [3.05, 3.63) is 48.7 Å². The van der Waals surface area contributed by atoms with Crippen LogP contribution in [0.15, 0.2) is 43.0 Å². The van der Waals surface area contributed by atoms with Gasteiger partial charge in [0, 0.05) is 31.2 Å². The fourth-order valence-corrected chi connectivity index (χ4v) is 5.51. The lowest BCUT2D eigenvalue weighted by molar-refractivity contribution is -0.125. The van der Waals surface area contributed by atoms with Crippen molar-refractivity contribution in [3.8, 4) is 17.1 Å². The van der Waals surface area contributed by atoms with E-state index in [0.29, 0.717) is 61.3 Å². The lowest BCUT2D eigenvalue weighted by atomic mass is 9.76. The number of anilines is 2. The predicted molar refractivity (Wildman–Crippen MR) is 141 cm³/mol. The lowest BCUT2D eigenvalue weighted by Crippen LogP contribution is -2.45. The molecule has 0 bridgehead atoms. The Morgan fingerprint density at radius 1 is 1.11 bits per heavy atom. The largest absolute Gasteiger partial charge is 0.477 e. The molecule has 1 amide bonds. The van der Waals surface area contributed by atoms with Crippen molar-refractivity contribution < 1.29 is 22.7 Å². The molecule has 2 N–H and O–H groups in total. The van der Waals surface area contributed by atoms with Gasteiger partial charge in [-0.2, -0.15) is 0 Å². The molecule has 0 aromatic carbocycles. The highest BCUT2D eigenvalue weighted by atomic mass is 32.2. The molecule has 13 heteroatoms. The van der Waals surface area contributed by atoms with E-state index in [-0.39, 0.29) is 23.5 Å². The number of aromatic nitrogens is 5. The van der Waals surface area contributed by atoms with Crippen molar-refractivity contribution in [2.45, 2.75) is 39.0 Å². The maximum Gasteiger partial charge on any atom is 0.237 e. The summed E-state index contributed by atoms with van der Waals surface area (Å²) in [5, 5.41) is 2.89. The summed E-state index contributed by atoms with van der Waals surface area (Å²) in [5.74, 6) is 0.255. The number of rotatable bonds is 10. The van der Waals surface area contributed by atoms with Gasteiger partial charge in [0.05, 0.1) is 41.6 Å². The number of carbonyl (C=O) groups is 1. The SMILES string of the molecule is CCOc1cncc(-c2ccc(NC(=O)C3(c4ccnc(NS(=O)(=O)CC(C)C)n4)CCOCC3)nc2)n1. The lowest BCUT2D eigenvalue weighted by Gasteiger charge is -2.35. The second kappa shape index (κ2) is 11.8. The van der Waals surface area contributed by atoms with E-state index in [2.05, 4.69) is 35.0 Å². The number of hydrogen-bond acceptors (Lipinski definition) is 10. The molecule has 1 aliphatic heterocycles. The molecule has 3 aromatic rings. The quantitative estimate of drug-likeness (QED) is 0.391. The van der Waals surface area contributed by atoms with Gasteiger partial charge < -0.3 is 14.8 Å². The average Bonchev–Trinajstić information content (AvgIpc) is 2.89. The monoisotopic (exact) mass is 541 g/mol. The molecular weight excluding hydrogens is 510 g/mol. The van der Waals surface area contributed by atoms with Crippen LogP contribution in [0.1, 0.15) is 39.3 Å². The van der Waals surface area contributed by atoms with Gasteiger partial charge in [-0.3, -0.25) is 14.5 Å². The van der Waals surface area contributed by atoms with Gasteiger partial charge in [-0.05, 0) is 43.9 Å². The average molecular weight is 542 g/mol. The maximum absolute atomic E-state index is 13.7. The number of nitrogens with zero attached hydrogens (tertiary/aromatic N) is 5. The number of carbonyl (C=O) groups excluding carboxylic acids is 1. The van der Waals surface area contributed by atoms with Gasteiger partial charge in [-0.25, -0.2) is 28.4 Å². The Morgan fingerprint density at radius 3 is 2.58 bits per heavy atom. The third-order valence-electron chi connectivity index (χ3n) is 5.93. The third kappa shape index (κ3) is 6.58. The second-order valence-corrected chi connectivity index (χ2v) is 11.1. The first-order chi connectivity index (χ1) is 18.2. The van der Waals surface area contributed by atoms with Crippen LogP contribution in [0.3, 0.4) is 0 Å². The summed E-state index contributed by atoms with van der Waals surface area (Å²) in [6, 6.07) is 5.09. The summed E-state index contributed by atoms with van der Waals surface area (Å²) in [7, 11) is -3.63. The molecule has 202 valence electrons. The summed E-state index contributed by atoms with van der Waals surface area (Å²) < 4.78 is 38.2. The Labute approximate surface area is 221 Å². The van der Waals surface area contributed by atoms with Crippen molar-refractivity contribution >= 4 is 27.7 Å². The molecule has 0 spiro atoms. The summed E-state index contributed by atoms with van der Waals surface area (Å²) in [5.41, 5.74) is 0.676. The van der Waals surface area contributed by atoms with E-state index in [4.69, 9.17) is 9.47 Å². The van der Waals surface area contributed by atoms with E-state index in [1.165, 1.54) is 12.4 Å². The van der Waals surface area contributed by atoms with E-state index < -0.39 is 15.4 Å². The third-order valence-corrected chi connectivity index (χ3v) is 7.53. The van der Waals surface area contributed by atoms with E-state index in [9.17, 15) is 13.2 Å². The number of ether oxygens (including phenoxy) is 2. The Hall–Kier alpha value is -3.71. The zero-order valence-corrected chi connectivity index (χ0v) is 22.4. The van der Waals surface area contributed by atoms with Crippen molar-refractivity contribution in [3.63, 3.8) is 0 Å². The van der Waals surface area contributed by atoms with E-state index in [1.807, 2.05) is 20.8 Å². The highest BCUT2D eigenvalue weighted by molar-refractivity contribution is 7.92. The van der Waals surface area contributed by atoms with Crippen LogP contribution in [-0.2, 0) is 25.0 Å². The van der Waals surface area contributed by atoms with E-state index in [1.54, 1.807) is 30.6 Å². The molecule has 38 heavy (non-hydrogen) atoms. The van der Waals surface area contributed by atoms with Crippen molar-refractivity contribution in [1.29, 1.82) is 0 Å². The molecule has 0 atom stereocenters. The zero-order chi connectivity index (χ0) is 27.2. The number of pyridine rings is 1. The molecule has 4 rings (SSSR count). The fraction of sp³-hybridized carbons (Fsp3) is 0.440. The summed E-state index contributed by atoms with van der Waals surface area (Å²) in [4.78, 5) is 35.1. The molecular formula is C25H31N7O5S. The van der Waals surface area contributed by atoms with Gasteiger partial charge in [0.15, 0.2) is 0 Å². The maximum atomic E-state index is 13.7. The standard InChI is InChI=1S/C25H31N7O5S/c1-4-37-22-15-26-14-19(29-22)18-5-6-21(28-13-18)31-23(33)25(8-11-36-12-9-25)20-7-10-27-24(30-20)32-38(34,35)16-17(2)3/h5-7,10,13-15,17H,4,8-9,11-12,16H2,1-3H3,(H,27,30,32)(H,28,31,33). The second-order valence-electron chi connectivity index (χ2n) is 9.30. The number of nitrogens with one attached hydrogen (secondary N) is 2. The molecule has 1 saturated heterocycles. The van der Waals surface area contributed by atoms with Crippen LogP contribution in [0.2, 0.25) is 0 Å². The Bertz CT molecular complexity index is 1360. The summed E-state index contributed by atoms with van der Waals surface area (Å²) in [6.45, 7) is 6.67. The summed E-state index contributed by atoms with van der Waals surface area (Å²) >= 11 is 0. The first-order valence-electron chi connectivity index (χ1n) is 12.4. The van der Waals surface area contributed by atoms with Crippen LogP contribution in [0.4, 0.5) is 11.8 Å². The van der Waals surface area contributed by atoms with Gasteiger partial charge in [0.2, 0.25) is 27.8 Å². The molecule has 4 heterocycles. The Morgan fingerprint density at radius 2 is 1.89 bits per heavy atom. The molecule has 1 fully saturated rings. The van der Waals surface area contributed by atoms with Crippen LogP contribution in [-0.4, -0.2) is 64.8 Å². The Balaban J connectivity index is 1.55. The van der Waals surface area contributed by atoms with Crippen LogP contribution in [0, 0.1) is 5.92 Å². The van der Waals surface area contributed by atoms with Gasteiger partial charge in [0.25, 0.3) is 0 Å². The highest BCUT2D eigenvalue weighted by Crippen LogP contribution is 2.35. The molecule has 0 radical (unpaired) electrons. The smallest absolute Gasteiger partial charge is 0.237 e. The van der Waals surface area contributed by atoms with Crippen LogP contribution < -0.4 is 14.8 Å². The minimum absolute atomic E-state index is 0.0662. The molecule has 1 aliphatic rings. The minimum Gasteiger partial charge on any atom is -0.477 e. The number of amides is 1. The molecule has 0 unspecified atom stereocenters. The number of sulfonamides is 1. The molecule has 0 aliphatic carbocycles. The fourth-order valence-electron chi connectivity index (χ4n) is 4.17. The van der Waals surface area contributed by atoms with E-state index in [0.717, 1.165) is 0 Å². The van der Waals surface area contributed by atoms with Gasteiger partial charge in [-0.1, -0.05) is 13.8 Å². The first-order valence-corrected chi connectivity index (χ1v) is 14.0. The van der Waals surface area contributed by atoms with Gasteiger partial charge >= 0.3 is 0 Å². The van der Waals surface area contributed by atoms with Crippen LogP contribution in [0.25, 0.3) is 11.3 Å². The van der Waals surface area contributed by atoms with Gasteiger partial charge in [0.1, 0.15) is 5.82 Å². The molecule has 3 aromatic heterocycles. The molecule has 0 saturated carbocycles. The van der Waals surface area contributed by atoms with Crippen molar-refractivity contribution in [2.75, 3.05) is 35.6 Å². The minimum atomic E-state index is -3.63. The molecule has 12 nitrogen and oxygen atoms in total. The normalized spacial score (nSPS) is 15.2. The highest BCUT2D eigenvalue weighted by Gasteiger charge is 2.43. The van der Waals surface area contributed by atoms with Gasteiger partial charge in [-0.15, -0.1) is 0 Å². The first kappa shape index (κ1) is 27.3. The van der Waals surface area contributed by atoms with E-state index >= 15 is 0 Å². The van der Waals surface area contributed by atoms with Crippen molar-refractivity contribution in [1.82, 2.24) is 24.9 Å². The zero-order valence-electron chi connectivity index (χ0n) is 21.5. The predicted octanol–water partition coefficient (Wildman–Crippen LogP) is 2.81. The van der Waals surface area contributed by atoms with Crippen LogP contribution >= 0.6 is 0 Å². The Kier molecular flexibility index (Phi) is 8.47. The number of hydrogen-bond donors (Lipinski definition) is 2. The van der Waals surface area contributed by atoms with Crippen molar-refractivity contribution in [2.24, 2.45) is 5.92 Å². The topological polar surface area (TPSA) is 158 Å². The summed E-state index contributed by atoms with van der Waals surface area (Å²) in [6.07, 6.45) is 6.92. The van der Waals surface area contributed by atoms with Crippen LogP contribution in [0.5, 0.6) is 5.88 Å².